The first-order valence-electron chi connectivity index (χ1n) is 9.92. The first-order chi connectivity index (χ1) is 14.5. The van der Waals surface area contributed by atoms with Gasteiger partial charge in [-0.1, -0.05) is 30.3 Å². The predicted octanol–water partition coefficient (Wildman–Crippen LogP) is 3.22. The van der Waals surface area contributed by atoms with Crippen LogP contribution in [0.1, 0.15) is 30.7 Å². The molecule has 8 heteroatoms. The molecule has 1 fully saturated rings. The summed E-state index contributed by atoms with van der Waals surface area (Å²) in [6.45, 7) is 2.07. The third-order valence-corrected chi connectivity index (χ3v) is 7.19. The highest BCUT2D eigenvalue weighted by Gasteiger charge is 2.38. The number of hydrogen-bond donors (Lipinski definition) is 0. The molecular weight excluding hydrogens is 402 g/mol. The molecule has 3 aromatic rings. The van der Waals surface area contributed by atoms with E-state index in [9.17, 15) is 13.2 Å². The van der Waals surface area contributed by atoms with Crippen LogP contribution in [0.2, 0.25) is 0 Å². The van der Waals surface area contributed by atoms with E-state index in [4.69, 9.17) is 4.74 Å². The average molecular weight is 426 g/mol. The topological polar surface area (TPSA) is 89.5 Å². The summed E-state index contributed by atoms with van der Waals surface area (Å²) in [7, 11) is -3.77. The Kier molecular flexibility index (Phi) is 5.78. The van der Waals surface area contributed by atoms with Crippen LogP contribution in [0.3, 0.4) is 0 Å². The number of benzene rings is 2. The monoisotopic (exact) mass is 425 g/mol. The number of carbonyl (C=O) groups is 1. The van der Waals surface area contributed by atoms with Gasteiger partial charge in [0.25, 0.3) is 0 Å². The second-order valence-corrected chi connectivity index (χ2v) is 9.18. The van der Waals surface area contributed by atoms with Gasteiger partial charge in [0.2, 0.25) is 10.0 Å². The van der Waals surface area contributed by atoms with Gasteiger partial charge in [-0.3, -0.25) is 4.79 Å². The Balaban J connectivity index is 1.52. The molecule has 4 rings (SSSR count). The number of aryl methyl sites for hydroxylation is 1. The van der Waals surface area contributed by atoms with Crippen molar-refractivity contribution >= 4 is 27.0 Å². The normalized spacial score (nSPS) is 17.7. The number of carbonyl (C=O) groups excluding carboxylic acids is 1. The Bertz CT molecular complexity index is 1170. The quantitative estimate of drug-likeness (QED) is 0.583. The van der Waals surface area contributed by atoms with Crippen molar-refractivity contribution in [1.29, 1.82) is 0 Å². The number of para-hydroxylation sites is 2. The fourth-order valence-electron chi connectivity index (χ4n) is 3.65. The first-order valence-corrected chi connectivity index (χ1v) is 11.4. The lowest BCUT2D eigenvalue weighted by Gasteiger charge is -2.33. The van der Waals surface area contributed by atoms with Crippen molar-refractivity contribution in [1.82, 2.24) is 14.3 Å². The Labute approximate surface area is 175 Å². The standard InChI is InChI=1S/C22H23N3O4S/c1-16-20(24-19-12-6-5-11-18(19)23-16)15-29-22(26)21-13-7-8-14-25(21)30(27,28)17-9-3-2-4-10-17/h2-6,9-12,21H,7-8,13-15H2,1H3/t21-/m0/s1. The second kappa shape index (κ2) is 8.49. The van der Waals surface area contributed by atoms with E-state index in [1.807, 2.05) is 31.2 Å². The SMILES string of the molecule is Cc1nc2ccccc2nc1COC(=O)[C@@H]1CCCCN1S(=O)(=O)c1ccccc1. The van der Waals surface area contributed by atoms with Gasteiger partial charge in [-0.2, -0.15) is 4.31 Å². The fourth-order valence-corrected chi connectivity index (χ4v) is 5.32. The molecule has 0 amide bonds. The summed E-state index contributed by atoms with van der Waals surface area (Å²) >= 11 is 0. The van der Waals surface area contributed by atoms with E-state index in [0.717, 1.165) is 17.5 Å². The summed E-state index contributed by atoms with van der Waals surface area (Å²) in [5.41, 5.74) is 2.74. The van der Waals surface area contributed by atoms with Crippen LogP contribution in [0.4, 0.5) is 0 Å². The maximum Gasteiger partial charge on any atom is 0.324 e. The van der Waals surface area contributed by atoms with Gasteiger partial charge < -0.3 is 4.74 Å². The third-order valence-electron chi connectivity index (χ3n) is 5.27. The molecule has 2 heterocycles. The molecule has 7 nitrogen and oxygen atoms in total. The van der Waals surface area contributed by atoms with Crippen molar-refractivity contribution in [2.24, 2.45) is 0 Å². The van der Waals surface area contributed by atoms with Gasteiger partial charge in [0.1, 0.15) is 12.6 Å². The van der Waals surface area contributed by atoms with Crippen LogP contribution in [-0.2, 0) is 26.2 Å². The van der Waals surface area contributed by atoms with Gasteiger partial charge in [0.05, 0.1) is 27.3 Å². The highest BCUT2D eigenvalue weighted by molar-refractivity contribution is 7.89. The van der Waals surface area contributed by atoms with Crippen LogP contribution < -0.4 is 0 Å². The zero-order valence-electron chi connectivity index (χ0n) is 16.7. The van der Waals surface area contributed by atoms with E-state index >= 15 is 0 Å². The number of fused-ring (bicyclic) bond motifs is 1. The summed E-state index contributed by atoms with van der Waals surface area (Å²) in [5, 5.41) is 0. The molecule has 156 valence electrons. The molecule has 1 aliphatic heterocycles. The lowest BCUT2D eigenvalue weighted by Crippen LogP contribution is -2.48. The van der Waals surface area contributed by atoms with Gasteiger partial charge in [-0.05, 0) is 50.5 Å². The predicted molar refractivity (Wildman–Crippen MR) is 112 cm³/mol. The van der Waals surface area contributed by atoms with Crippen molar-refractivity contribution in [3.63, 3.8) is 0 Å². The lowest BCUT2D eigenvalue weighted by atomic mass is 10.1. The minimum atomic E-state index is -3.77. The number of nitrogens with zero attached hydrogens (tertiary/aromatic N) is 3. The van der Waals surface area contributed by atoms with Gasteiger partial charge in [-0.15, -0.1) is 0 Å². The molecule has 1 aliphatic rings. The summed E-state index contributed by atoms with van der Waals surface area (Å²) in [6, 6.07) is 14.8. The number of esters is 1. The van der Waals surface area contributed by atoms with Crippen LogP contribution in [0.25, 0.3) is 11.0 Å². The molecule has 0 unspecified atom stereocenters. The smallest absolute Gasteiger partial charge is 0.324 e. The summed E-state index contributed by atoms with van der Waals surface area (Å²) < 4.78 is 32.9. The highest BCUT2D eigenvalue weighted by Crippen LogP contribution is 2.26. The fraction of sp³-hybridized carbons (Fsp3) is 0.318. The van der Waals surface area contributed by atoms with E-state index in [1.165, 1.54) is 4.31 Å². The van der Waals surface area contributed by atoms with E-state index in [1.54, 1.807) is 30.3 Å². The van der Waals surface area contributed by atoms with Crippen LogP contribution >= 0.6 is 0 Å². The van der Waals surface area contributed by atoms with Crippen molar-refractivity contribution in [2.45, 2.75) is 43.7 Å². The van der Waals surface area contributed by atoms with Crippen LogP contribution in [0, 0.1) is 6.92 Å². The van der Waals surface area contributed by atoms with Crippen molar-refractivity contribution in [3.05, 3.63) is 66.0 Å². The van der Waals surface area contributed by atoms with Gasteiger partial charge in [0.15, 0.2) is 0 Å². The van der Waals surface area contributed by atoms with Gasteiger partial charge in [-0.25, -0.2) is 18.4 Å². The molecule has 0 radical (unpaired) electrons. The maximum absolute atomic E-state index is 13.1. The number of aromatic nitrogens is 2. The molecule has 30 heavy (non-hydrogen) atoms. The minimum Gasteiger partial charge on any atom is -0.458 e. The van der Waals surface area contributed by atoms with E-state index in [0.29, 0.717) is 30.8 Å². The second-order valence-electron chi connectivity index (χ2n) is 7.29. The molecule has 1 atom stereocenters. The Morgan fingerprint density at radius 1 is 1.03 bits per heavy atom. The Morgan fingerprint density at radius 2 is 1.70 bits per heavy atom. The number of rotatable bonds is 5. The summed E-state index contributed by atoms with van der Waals surface area (Å²) in [5.74, 6) is -0.552. The highest BCUT2D eigenvalue weighted by atomic mass is 32.2. The molecule has 2 aromatic carbocycles. The van der Waals surface area contributed by atoms with Crippen molar-refractivity contribution < 1.29 is 17.9 Å². The molecule has 0 aliphatic carbocycles. The number of sulfonamides is 1. The lowest BCUT2D eigenvalue weighted by molar-refractivity contribution is -0.150. The molecule has 1 aromatic heterocycles. The summed E-state index contributed by atoms with van der Waals surface area (Å²) in [6.07, 6.45) is 1.92. The largest absolute Gasteiger partial charge is 0.458 e. The zero-order valence-corrected chi connectivity index (χ0v) is 17.5. The summed E-state index contributed by atoms with van der Waals surface area (Å²) in [4.78, 5) is 22.1. The van der Waals surface area contributed by atoms with Crippen molar-refractivity contribution in [2.75, 3.05) is 6.54 Å². The van der Waals surface area contributed by atoms with E-state index in [-0.39, 0.29) is 11.5 Å². The van der Waals surface area contributed by atoms with Crippen LogP contribution in [-0.4, -0.2) is 41.2 Å². The van der Waals surface area contributed by atoms with Gasteiger partial charge in [0, 0.05) is 6.54 Å². The first kappa shape index (κ1) is 20.4. The Hall–Kier alpha value is -2.84. The third kappa shape index (κ3) is 4.06. The van der Waals surface area contributed by atoms with Gasteiger partial charge >= 0.3 is 5.97 Å². The van der Waals surface area contributed by atoms with Crippen LogP contribution in [0.15, 0.2) is 59.5 Å². The molecular formula is C22H23N3O4S. The number of piperidine rings is 1. The van der Waals surface area contributed by atoms with E-state index in [2.05, 4.69) is 9.97 Å². The Morgan fingerprint density at radius 3 is 2.43 bits per heavy atom. The molecule has 0 spiro atoms. The molecule has 0 N–H and O–H groups in total. The minimum absolute atomic E-state index is 0.0434. The molecule has 1 saturated heterocycles. The zero-order chi connectivity index (χ0) is 21.1. The van der Waals surface area contributed by atoms with Crippen LogP contribution in [0.5, 0.6) is 0 Å². The van der Waals surface area contributed by atoms with E-state index < -0.39 is 22.0 Å². The molecule has 0 bridgehead atoms. The molecule has 0 saturated carbocycles. The average Bonchev–Trinajstić information content (AvgIpc) is 2.78. The number of hydrogen-bond acceptors (Lipinski definition) is 6. The van der Waals surface area contributed by atoms with Crippen molar-refractivity contribution in [3.8, 4) is 0 Å². The number of ether oxygens (including phenoxy) is 1. The maximum atomic E-state index is 13.1.